The average molecular weight is 342 g/mol. The van der Waals surface area contributed by atoms with E-state index in [0.29, 0.717) is 18.0 Å². The molecular formula is C19H22N2O2S. The molecule has 0 bridgehead atoms. The number of ether oxygens (including phenoxy) is 1. The number of rotatable bonds is 5. The van der Waals surface area contributed by atoms with Crippen LogP contribution in [0.4, 0.5) is 5.69 Å². The van der Waals surface area contributed by atoms with Crippen LogP contribution in [0.15, 0.2) is 42.6 Å². The second-order valence-corrected chi connectivity index (χ2v) is 6.97. The van der Waals surface area contributed by atoms with Gasteiger partial charge < -0.3 is 9.64 Å². The Morgan fingerprint density at radius 3 is 2.92 bits per heavy atom. The number of thioether (sulfide) groups is 1. The Morgan fingerprint density at radius 1 is 1.38 bits per heavy atom. The number of nitrogens with zero attached hydrogens (tertiary/aromatic N) is 2. The first-order valence-electron chi connectivity index (χ1n) is 8.27. The molecule has 1 fully saturated rings. The lowest BCUT2D eigenvalue weighted by atomic mass is 10.1. The number of carbonyl (C=O) groups excluding carboxylic acids is 1. The van der Waals surface area contributed by atoms with Crippen molar-refractivity contribution >= 4 is 23.4 Å². The van der Waals surface area contributed by atoms with Gasteiger partial charge in [0.05, 0.1) is 0 Å². The van der Waals surface area contributed by atoms with Crippen LogP contribution in [-0.2, 0) is 0 Å². The van der Waals surface area contributed by atoms with Crippen molar-refractivity contribution in [2.45, 2.75) is 26.4 Å². The Kier molecular flexibility index (Phi) is 5.41. The monoisotopic (exact) mass is 342 g/mol. The van der Waals surface area contributed by atoms with Crippen LogP contribution in [0.3, 0.4) is 0 Å². The maximum Gasteiger partial charge on any atom is 0.258 e. The van der Waals surface area contributed by atoms with E-state index in [2.05, 4.69) is 4.98 Å². The van der Waals surface area contributed by atoms with E-state index in [1.807, 2.05) is 49.9 Å². The molecule has 1 atom stereocenters. The summed E-state index contributed by atoms with van der Waals surface area (Å²) in [5.74, 6) is 2.62. The lowest BCUT2D eigenvalue weighted by Crippen LogP contribution is -2.31. The van der Waals surface area contributed by atoms with Gasteiger partial charge in [-0.1, -0.05) is 18.2 Å². The van der Waals surface area contributed by atoms with E-state index in [9.17, 15) is 4.79 Å². The van der Waals surface area contributed by atoms with Crippen LogP contribution in [-0.4, -0.2) is 35.0 Å². The van der Waals surface area contributed by atoms with E-state index in [4.69, 9.17) is 4.74 Å². The SMILES string of the molecule is CCN(C(=O)c1ccnc(OC2CCSC2)c1)c1ccccc1C. The number of hydrogen-bond acceptors (Lipinski definition) is 4. The molecule has 2 aromatic rings. The molecule has 1 aliphatic rings. The number of benzene rings is 1. The van der Waals surface area contributed by atoms with Crippen LogP contribution in [0.1, 0.15) is 29.3 Å². The Bertz CT molecular complexity index is 714. The van der Waals surface area contributed by atoms with Crippen LogP contribution in [0.2, 0.25) is 0 Å². The molecule has 2 heterocycles. The Hall–Kier alpha value is -2.01. The van der Waals surface area contributed by atoms with Crippen molar-refractivity contribution in [1.82, 2.24) is 4.98 Å². The molecule has 0 N–H and O–H groups in total. The van der Waals surface area contributed by atoms with E-state index in [0.717, 1.165) is 29.2 Å². The fourth-order valence-electron chi connectivity index (χ4n) is 2.83. The fraction of sp³-hybridized carbons (Fsp3) is 0.368. The van der Waals surface area contributed by atoms with E-state index in [1.165, 1.54) is 0 Å². The highest BCUT2D eigenvalue weighted by Gasteiger charge is 2.20. The zero-order valence-corrected chi connectivity index (χ0v) is 14.9. The summed E-state index contributed by atoms with van der Waals surface area (Å²) in [5.41, 5.74) is 2.63. The second-order valence-electron chi connectivity index (χ2n) is 5.82. The summed E-state index contributed by atoms with van der Waals surface area (Å²) in [4.78, 5) is 19.0. The first-order chi connectivity index (χ1) is 11.7. The highest BCUT2D eigenvalue weighted by molar-refractivity contribution is 7.99. The van der Waals surface area contributed by atoms with Gasteiger partial charge >= 0.3 is 0 Å². The van der Waals surface area contributed by atoms with Gasteiger partial charge in [-0.2, -0.15) is 11.8 Å². The number of para-hydroxylation sites is 1. The molecule has 1 unspecified atom stereocenters. The normalized spacial score (nSPS) is 16.8. The van der Waals surface area contributed by atoms with Gasteiger partial charge in [-0.25, -0.2) is 4.98 Å². The summed E-state index contributed by atoms with van der Waals surface area (Å²) >= 11 is 1.89. The maximum absolute atomic E-state index is 13.0. The second kappa shape index (κ2) is 7.71. The molecular weight excluding hydrogens is 320 g/mol. The molecule has 0 radical (unpaired) electrons. The van der Waals surface area contributed by atoms with Gasteiger partial charge in [-0.15, -0.1) is 0 Å². The van der Waals surface area contributed by atoms with Crippen molar-refractivity contribution in [3.8, 4) is 5.88 Å². The number of amides is 1. The van der Waals surface area contributed by atoms with Crippen molar-refractivity contribution < 1.29 is 9.53 Å². The van der Waals surface area contributed by atoms with Crippen molar-refractivity contribution in [2.24, 2.45) is 0 Å². The largest absolute Gasteiger partial charge is 0.473 e. The van der Waals surface area contributed by atoms with Gasteiger partial charge in [0.25, 0.3) is 5.91 Å². The number of aryl methyl sites for hydroxylation is 1. The topological polar surface area (TPSA) is 42.4 Å². The summed E-state index contributed by atoms with van der Waals surface area (Å²) in [6.07, 6.45) is 2.89. The molecule has 1 aromatic carbocycles. The Balaban J connectivity index is 1.81. The third kappa shape index (κ3) is 3.73. The Morgan fingerprint density at radius 2 is 2.21 bits per heavy atom. The van der Waals surface area contributed by atoms with Crippen molar-refractivity contribution in [3.05, 3.63) is 53.7 Å². The molecule has 0 aliphatic carbocycles. The standard InChI is InChI=1S/C19H22N2O2S/c1-3-21(17-7-5-4-6-14(17)2)19(22)15-8-10-20-18(12-15)23-16-9-11-24-13-16/h4-8,10,12,16H,3,9,11,13H2,1-2H3. The lowest BCUT2D eigenvalue weighted by molar-refractivity contribution is 0.0987. The summed E-state index contributed by atoms with van der Waals surface area (Å²) in [6, 6.07) is 11.4. The van der Waals surface area contributed by atoms with Gasteiger partial charge in [0.15, 0.2) is 0 Å². The summed E-state index contributed by atoms with van der Waals surface area (Å²) < 4.78 is 5.91. The smallest absolute Gasteiger partial charge is 0.258 e. The zero-order chi connectivity index (χ0) is 16.9. The van der Waals surface area contributed by atoms with Crippen LogP contribution in [0, 0.1) is 6.92 Å². The van der Waals surface area contributed by atoms with E-state index in [-0.39, 0.29) is 12.0 Å². The highest BCUT2D eigenvalue weighted by Crippen LogP contribution is 2.24. The number of pyridine rings is 1. The fourth-order valence-corrected chi connectivity index (χ4v) is 3.92. The molecule has 1 saturated heterocycles. The maximum atomic E-state index is 13.0. The minimum absolute atomic E-state index is 0.0279. The molecule has 0 saturated carbocycles. The van der Waals surface area contributed by atoms with Crippen molar-refractivity contribution in [3.63, 3.8) is 0 Å². The molecule has 24 heavy (non-hydrogen) atoms. The molecule has 3 rings (SSSR count). The first-order valence-corrected chi connectivity index (χ1v) is 9.42. The number of aromatic nitrogens is 1. The van der Waals surface area contributed by atoms with E-state index in [1.54, 1.807) is 23.2 Å². The average Bonchev–Trinajstić information content (AvgIpc) is 3.10. The predicted molar refractivity (Wildman–Crippen MR) is 99.1 cm³/mol. The highest BCUT2D eigenvalue weighted by atomic mass is 32.2. The van der Waals surface area contributed by atoms with Gasteiger partial charge in [0, 0.05) is 35.8 Å². The van der Waals surface area contributed by atoms with Gasteiger partial charge in [-0.05, 0) is 43.7 Å². The summed E-state index contributed by atoms with van der Waals surface area (Å²) in [6.45, 7) is 4.62. The minimum atomic E-state index is -0.0279. The molecule has 5 heteroatoms. The van der Waals surface area contributed by atoms with Crippen LogP contribution in [0.25, 0.3) is 0 Å². The van der Waals surface area contributed by atoms with Gasteiger partial charge in [-0.3, -0.25) is 4.79 Å². The van der Waals surface area contributed by atoms with Crippen LogP contribution < -0.4 is 9.64 Å². The zero-order valence-electron chi connectivity index (χ0n) is 14.1. The molecule has 0 spiro atoms. The number of carbonyl (C=O) groups is 1. The minimum Gasteiger partial charge on any atom is -0.473 e. The van der Waals surface area contributed by atoms with E-state index >= 15 is 0 Å². The lowest BCUT2D eigenvalue weighted by Gasteiger charge is -2.23. The van der Waals surface area contributed by atoms with E-state index < -0.39 is 0 Å². The van der Waals surface area contributed by atoms with Crippen LogP contribution >= 0.6 is 11.8 Å². The molecule has 4 nitrogen and oxygen atoms in total. The van der Waals surface area contributed by atoms with Crippen LogP contribution in [0.5, 0.6) is 5.88 Å². The predicted octanol–water partition coefficient (Wildman–Crippen LogP) is 3.94. The van der Waals surface area contributed by atoms with Crippen molar-refractivity contribution in [2.75, 3.05) is 23.0 Å². The third-order valence-corrected chi connectivity index (χ3v) is 5.26. The third-order valence-electron chi connectivity index (χ3n) is 4.12. The number of hydrogen-bond donors (Lipinski definition) is 0. The molecule has 1 aliphatic heterocycles. The number of anilines is 1. The van der Waals surface area contributed by atoms with Gasteiger partial charge in [0.1, 0.15) is 6.10 Å². The molecule has 1 amide bonds. The summed E-state index contributed by atoms with van der Waals surface area (Å²) in [7, 11) is 0. The van der Waals surface area contributed by atoms with Crippen molar-refractivity contribution in [1.29, 1.82) is 0 Å². The summed E-state index contributed by atoms with van der Waals surface area (Å²) in [5, 5.41) is 0. The Labute approximate surface area is 147 Å². The van der Waals surface area contributed by atoms with Gasteiger partial charge in [0.2, 0.25) is 5.88 Å². The molecule has 1 aromatic heterocycles. The quantitative estimate of drug-likeness (QED) is 0.825. The molecule has 126 valence electrons. The first kappa shape index (κ1) is 16.8.